The lowest BCUT2D eigenvalue weighted by atomic mass is 10.2. The summed E-state index contributed by atoms with van der Waals surface area (Å²) in [6, 6.07) is 0. The number of carbonyl (C=O) groups excluding carboxylic acids is 2. The van der Waals surface area contributed by atoms with Gasteiger partial charge in [-0.05, 0) is 20.3 Å². The fourth-order valence-electron chi connectivity index (χ4n) is 1.22. The number of rotatable bonds is 6. The van der Waals surface area contributed by atoms with Crippen LogP contribution >= 0.6 is 0 Å². The largest absolute Gasteiger partial charge is 0.519 e. The topological polar surface area (TPSA) is 98.8 Å². The molecule has 0 aliphatic rings. The van der Waals surface area contributed by atoms with Gasteiger partial charge in [0, 0.05) is 13.0 Å². The SMILES string of the molecule is CC(=O)CCCNC(=O)OCc1oc(=O)oc1C. The van der Waals surface area contributed by atoms with Gasteiger partial charge in [-0.25, -0.2) is 9.59 Å². The maximum absolute atomic E-state index is 11.2. The minimum atomic E-state index is -0.826. The summed E-state index contributed by atoms with van der Waals surface area (Å²) < 4.78 is 14.1. The quantitative estimate of drug-likeness (QED) is 0.767. The van der Waals surface area contributed by atoms with Crippen LogP contribution in [-0.4, -0.2) is 18.4 Å². The van der Waals surface area contributed by atoms with Crippen molar-refractivity contribution < 1.29 is 23.2 Å². The van der Waals surface area contributed by atoms with E-state index in [1.807, 2.05) is 0 Å². The molecule has 0 atom stereocenters. The second-order valence-corrected chi connectivity index (χ2v) is 3.74. The van der Waals surface area contributed by atoms with Gasteiger partial charge in [0.2, 0.25) is 0 Å². The second-order valence-electron chi connectivity index (χ2n) is 3.74. The van der Waals surface area contributed by atoms with Gasteiger partial charge in [-0.2, -0.15) is 0 Å². The van der Waals surface area contributed by atoms with Crippen molar-refractivity contribution in [3.63, 3.8) is 0 Å². The van der Waals surface area contributed by atoms with Gasteiger partial charge in [0.05, 0.1) is 0 Å². The molecule has 1 aromatic heterocycles. The Morgan fingerprint density at radius 2 is 2.06 bits per heavy atom. The Bertz CT molecular complexity index is 472. The Morgan fingerprint density at radius 3 is 2.61 bits per heavy atom. The van der Waals surface area contributed by atoms with E-state index < -0.39 is 11.9 Å². The first-order valence-electron chi connectivity index (χ1n) is 5.48. The molecule has 100 valence electrons. The van der Waals surface area contributed by atoms with Crippen molar-refractivity contribution in [3.8, 4) is 0 Å². The number of hydrogen-bond acceptors (Lipinski definition) is 6. The molecule has 0 unspecified atom stereocenters. The molecular weight excluding hydrogens is 242 g/mol. The van der Waals surface area contributed by atoms with Crippen molar-refractivity contribution in [2.24, 2.45) is 0 Å². The smallest absolute Gasteiger partial charge is 0.441 e. The second kappa shape index (κ2) is 6.63. The van der Waals surface area contributed by atoms with Crippen molar-refractivity contribution in [3.05, 3.63) is 22.1 Å². The van der Waals surface area contributed by atoms with Crippen molar-refractivity contribution in [1.82, 2.24) is 5.32 Å². The summed E-state index contributed by atoms with van der Waals surface area (Å²) in [5.74, 6) is -0.294. The first-order chi connectivity index (χ1) is 8.49. The number of nitrogens with one attached hydrogen (secondary N) is 1. The molecule has 0 aliphatic carbocycles. The summed E-state index contributed by atoms with van der Waals surface area (Å²) in [4.78, 5) is 32.6. The maximum Gasteiger partial charge on any atom is 0.519 e. The number of aryl methyl sites for hydroxylation is 1. The summed E-state index contributed by atoms with van der Waals surface area (Å²) in [5, 5.41) is 2.47. The molecule has 1 aromatic rings. The minimum Gasteiger partial charge on any atom is -0.441 e. The van der Waals surface area contributed by atoms with E-state index in [1.54, 1.807) is 0 Å². The Labute approximate surface area is 103 Å². The van der Waals surface area contributed by atoms with E-state index in [4.69, 9.17) is 4.74 Å². The van der Waals surface area contributed by atoms with Gasteiger partial charge in [-0.3, -0.25) is 0 Å². The highest BCUT2D eigenvalue weighted by molar-refractivity contribution is 5.75. The molecule has 7 heteroatoms. The van der Waals surface area contributed by atoms with E-state index in [-0.39, 0.29) is 23.9 Å². The molecular formula is C11H15NO6. The van der Waals surface area contributed by atoms with E-state index in [0.29, 0.717) is 19.4 Å². The average Bonchev–Trinajstić information content (AvgIpc) is 2.60. The van der Waals surface area contributed by atoms with Crippen LogP contribution in [0.4, 0.5) is 4.79 Å². The molecule has 0 fully saturated rings. The van der Waals surface area contributed by atoms with Crippen LogP contribution in [0.15, 0.2) is 13.6 Å². The van der Waals surface area contributed by atoms with Gasteiger partial charge in [0.1, 0.15) is 5.78 Å². The number of ether oxygens (including phenoxy) is 1. The molecule has 0 radical (unpaired) electrons. The average molecular weight is 257 g/mol. The molecule has 0 aliphatic heterocycles. The van der Waals surface area contributed by atoms with Gasteiger partial charge >= 0.3 is 11.9 Å². The Morgan fingerprint density at radius 1 is 1.33 bits per heavy atom. The van der Waals surface area contributed by atoms with Crippen LogP contribution in [0.25, 0.3) is 0 Å². The monoisotopic (exact) mass is 257 g/mol. The number of alkyl carbamates (subject to hydrolysis) is 1. The van der Waals surface area contributed by atoms with E-state index in [0.717, 1.165) is 0 Å². The van der Waals surface area contributed by atoms with Crippen molar-refractivity contribution in [1.29, 1.82) is 0 Å². The highest BCUT2D eigenvalue weighted by Gasteiger charge is 2.10. The summed E-state index contributed by atoms with van der Waals surface area (Å²) in [6.45, 7) is 3.21. The summed E-state index contributed by atoms with van der Waals surface area (Å²) in [5.41, 5.74) is 0. The van der Waals surface area contributed by atoms with Gasteiger partial charge in [-0.1, -0.05) is 0 Å². The van der Waals surface area contributed by atoms with Gasteiger partial charge < -0.3 is 23.7 Å². The molecule has 0 saturated heterocycles. The zero-order chi connectivity index (χ0) is 13.5. The van der Waals surface area contributed by atoms with Gasteiger partial charge in [0.15, 0.2) is 18.1 Å². The van der Waals surface area contributed by atoms with Crippen LogP contribution in [0.1, 0.15) is 31.3 Å². The van der Waals surface area contributed by atoms with Gasteiger partial charge in [0.25, 0.3) is 0 Å². The zero-order valence-corrected chi connectivity index (χ0v) is 10.3. The van der Waals surface area contributed by atoms with E-state index in [2.05, 4.69) is 14.2 Å². The molecule has 1 heterocycles. The molecule has 0 saturated carbocycles. The number of hydrogen-bond donors (Lipinski definition) is 1. The van der Waals surface area contributed by atoms with Crippen LogP contribution in [0.2, 0.25) is 0 Å². The molecule has 0 spiro atoms. The van der Waals surface area contributed by atoms with Crippen LogP contribution in [0.5, 0.6) is 0 Å². The van der Waals surface area contributed by atoms with Crippen molar-refractivity contribution >= 4 is 11.9 Å². The standard InChI is InChI=1S/C11H15NO6/c1-7(13)4-3-5-12-10(14)16-6-9-8(2)17-11(15)18-9/h3-6H2,1-2H3,(H,12,14). The summed E-state index contributed by atoms with van der Waals surface area (Å²) in [6.07, 6.45) is 0.335. The zero-order valence-electron chi connectivity index (χ0n) is 10.3. The lowest BCUT2D eigenvalue weighted by molar-refractivity contribution is -0.117. The van der Waals surface area contributed by atoms with Crippen LogP contribution < -0.4 is 11.1 Å². The Balaban J connectivity index is 2.23. The molecule has 7 nitrogen and oxygen atoms in total. The predicted octanol–water partition coefficient (Wildman–Crippen LogP) is 1.14. The first-order valence-corrected chi connectivity index (χ1v) is 5.48. The number of carbonyl (C=O) groups is 2. The number of amides is 1. The lowest BCUT2D eigenvalue weighted by Gasteiger charge is -2.04. The first kappa shape index (κ1) is 14.0. The molecule has 18 heavy (non-hydrogen) atoms. The highest BCUT2D eigenvalue weighted by atomic mass is 16.6. The number of ketones is 1. The lowest BCUT2D eigenvalue weighted by Crippen LogP contribution is -2.25. The van der Waals surface area contributed by atoms with E-state index in [1.165, 1.54) is 13.8 Å². The molecule has 0 bridgehead atoms. The Kier molecular flexibility index (Phi) is 5.16. The van der Waals surface area contributed by atoms with E-state index in [9.17, 15) is 14.4 Å². The minimum absolute atomic E-state index is 0.0703. The third-order valence-corrected chi connectivity index (χ3v) is 2.14. The maximum atomic E-state index is 11.2. The third kappa shape index (κ3) is 4.86. The molecule has 1 amide bonds. The number of Topliss-reactive ketones (excluding diaryl/α,β-unsaturated/α-hetero) is 1. The molecule has 1 rings (SSSR count). The summed E-state index contributed by atoms with van der Waals surface area (Å²) in [7, 11) is 0. The molecule has 0 aromatic carbocycles. The van der Waals surface area contributed by atoms with Crippen molar-refractivity contribution in [2.75, 3.05) is 6.54 Å². The van der Waals surface area contributed by atoms with Gasteiger partial charge in [-0.15, -0.1) is 0 Å². The fourth-order valence-corrected chi connectivity index (χ4v) is 1.22. The van der Waals surface area contributed by atoms with Crippen molar-refractivity contribution in [2.45, 2.75) is 33.3 Å². The fraction of sp³-hybridized carbons (Fsp3) is 0.545. The third-order valence-electron chi connectivity index (χ3n) is 2.14. The van der Waals surface area contributed by atoms with Crippen LogP contribution in [-0.2, 0) is 16.1 Å². The van der Waals surface area contributed by atoms with E-state index >= 15 is 0 Å². The Hall–Kier alpha value is -2.05. The molecule has 1 N–H and O–H groups in total. The predicted molar refractivity (Wildman–Crippen MR) is 60.1 cm³/mol. The summed E-state index contributed by atoms with van der Waals surface area (Å²) >= 11 is 0. The highest BCUT2D eigenvalue weighted by Crippen LogP contribution is 2.06. The van der Waals surface area contributed by atoms with Crippen LogP contribution in [0.3, 0.4) is 0 Å². The normalized spacial score (nSPS) is 10.1. The van der Waals surface area contributed by atoms with Crippen LogP contribution in [0, 0.1) is 6.92 Å².